The molecule has 0 bridgehead atoms. The fourth-order valence-corrected chi connectivity index (χ4v) is 4.90. The normalized spacial score (nSPS) is 21.1. The van der Waals surface area contributed by atoms with Crippen molar-refractivity contribution in [2.75, 3.05) is 32.8 Å². The molecule has 2 aromatic heterocycles. The molecule has 2 unspecified atom stereocenters. The van der Waals surface area contributed by atoms with Crippen molar-refractivity contribution in [1.29, 1.82) is 0 Å². The van der Waals surface area contributed by atoms with Crippen LogP contribution in [0.4, 0.5) is 13.2 Å². The predicted molar refractivity (Wildman–Crippen MR) is 103 cm³/mol. The largest absolute Gasteiger partial charge is 0.451 e. The third-order valence-electron chi connectivity index (χ3n) is 5.48. The lowest BCUT2D eigenvalue weighted by Crippen LogP contribution is -2.44. The zero-order valence-electron chi connectivity index (χ0n) is 16.2. The Bertz CT molecular complexity index is 868. The highest BCUT2D eigenvalue weighted by Crippen LogP contribution is 2.34. The van der Waals surface area contributed by atoms with E-state index in [1.54, 1.807) is 5.51 Å². The van der Waals surface area contributed by atoms with Crippen LogP contribution in [0.2, 0.25) is 0 Å². The number of aryl methyl sites for hydroxylation is 1. The topological polar surface area (TPSA) is 80.2 Å². The minimum absolute atomic E-state index is 0.0775. The van der Waals surface area contributed by atoms with Crippen LogP contribution in [0.25, 0.3) is 0 Å². The van der Waals surface area contributed by atoms with Gasteiger partial charge in [-0.2, -0.15) is 13.2 Å². The van der Waals surface area contributed by atoms with E-state index >= 15 is 0 Å². The number of amides is 1. The van der Waals surface area contributed by atoms with Crippen LogP contribution in [0.1, 0.15) is 46.8 Å². The summed E-state index contributed by atoms with van der Waals surface area (Å²) in [6.45, 7) is 2.55. The Labute approximate surface area is 175 Å². The first-order valence-corrected chi connectivity index (χ1v) is 10.7. The maximum absolute atomic E-state index is 12.9. The van der Waals surface area contributed by atoms with Crippen molar-refractivity contribution in [1.82, 2.24) is 25.2 Å². The quantitative estimate of drug-likeness (QED) is 0.768. The van der Waals surface area contributed by atoms with Crippen molar-refractivity contribution in [3.63, 3.8) is 0 Å². The van der Waals surface area contributed by atoms with Crippen molar-refractivity contribution in [3.05, 3.63) is 39.9 Å². The first-order chi connectivity index (χ1) is 14.4. The van der Waals surface area contributed by atoms with Gasteiger partial charge in [-0.25, -0.2) is 15.0 Å². The second kappa shape index (κ2) is 8.94. The molecule has 162 valence electrons. The zero-order valence-corrected chi connectivity index (χ0v) is 17.0. The van der Waals surface area contributed by atoms with Crippen molar-refractivity contribution in [3.8, 4) is 0 Å². The molecule has 11 heteroatoms. The van der Waals surface area contributed by atoms with Crippen LogP contribution in [0, 0.1) is 0 Å². The van der Waals surface area contributed by atoms with Gasteiger partial charge in [-0.05, 0) is 19.3 Å². The molecule has 1 aliphatic carbocycles. The number of carbonyl (C=O) groups is 1. The molecule has 2 aromatic rings. The van der Waals surface area contributed by atoms with Crippen molar-refractivity contribution < 1.29 is 22.7 Å². The number of thiazole rings is 1. The van der Waals surface area contributed by atoms with Gasteiger partial charge in [-0.15, -0.1) is 11.3 Å². The Morgan fingerprint density at radius 3 is 2.70 bits per heavy atom. The number of aromatic nitrogens is 3. The first kappa shape index (κ1) is 21.1. The van der Waals surface area contributed by atoms with E-state index in [9.17, 15) is 18.0 Å². The lowest BCUT2D eigenvalue weighted by Gasteiger charge is -2.35. The Morgan fingerprint density at radius 2 is 2.00 bits per heavy atom. The molecule has 0 radical (unpaired) electrons. The van der Waals surface area contributed by atoms with E-state index in [1.807, 2.05) is 0 Å². The fourth-order valence-electron chi connectivity index (χ4n) is 3.93. The van der Waals surface area contributed by atoms with E-state index in [1.165, 1.54) is 23.7 Å². The number of halogens is 3. The third-order valence-corrected chi connectivity index (χ3v) is 6.46. The van der Waals surface area contributed by atoms with E-state index in [0.29, 0.717) is 31.9 Å². The van der Waals surface area contributed by atoms with Gasteiger partial charge in [-0.1, -0.05) is 0 Å². The summed E-state index contributed by atoms with van der Waals surface area (Å²) in [7, 11) is 0. The van der Waals surface area contributed by atoms with Gasteiger partial charge in [0.2, 0.25) is 11.7 Å². The zero-order chi connectivity index (χ0) is 21.1. The molecule has 7 nitrogen and oxygen atoms in total. The number of nitrogens with zero attached hydrogens (tertiary/aromatic N) is 4. The first-order valence-electron chi connectivity index (χ1n) is 9.84. The van der Waals surface area contributed by atoms with Crippen LogP contribution in [0.15, 0.2) is 17.9 Å². The maximum atomic E-state index is 12.9. The average molecular weight is 441 g/mol. The Balaban J connectivity index is 1.49. The molecule has 1 fully saturated rings. The van der Waals surface area contributed by atoms with Gasteiger partial charge in [-0.3, -0.25) is 9.69 Å². The number of rotatable bonds is 5. The van der Waals surface area contributed by atoms with Crippen molar-refractivity contribution in [2.24, 2.45) is 0 Å². The smallest absolute Gasteiger partial charge is 0.379 e. The molecular formula is C19H22F3N5O2S. The van der Waals surface area contributed by atoms with Crippen molar-refractivity contribution >= 4 is 17.2 Å². The van der Waals surface area contributed by atoms with Crippen LogP contribution < -0.4 is 5.32 Å². The summed E-state index contributed by atoms with van der Waals surface area (Å²) in [6.07, 6.45) is 0.381. The summed E-state index contributed by atoms with van der Waals surface area (Å²) in [5, 5.41) is 3.00. The lowest BCUT2D eigenvalue weighted by atomic mass is 9.91. The molecule has 4 rings (SSSR count). The summed E-state index contributed by atoms with van der Waals surface area (Å²) >= 11 is 1.50. The van der Waals surface area contributed by atoms with E-state index in [0.717, 1.165) is 29.8 Å². The maximum Gasteiger partial charge on any atom is 0.451 e. The molecule has 2 aliphatic rings. The van der Waals surface area contributed by atoms with E-state index in [4.69, 9.17) is 4.74 Å². The van der Waals surface area contributed by atoms with Gasteiger partial charge in [0.05, 0.1) is 36.4 Å². The number of ether oxygens (including phenoxy) is 1. The van der Waals surface area contributed by atoms with Crippen LogP contribution in [-0.4, -0.2) is 58.6 Å². The van der Waals surface area contributed by atoms with Crippen LogP contribution in [-0.2, 0) is 22.1 Å². The number of hydrogen-bond donors (Lipinski definition) is 1. The van der Waals surface area contributed by atoms with Gasteiger partial charge in [0.25, 0.3) is 0 Å². The lowest BCUT2D eigenvalue weighted by molar-refractivity contribution is -0.145. The summed E-state index contributed by atoms with van der Waals surface area (Å²) in [4.78, 5) is 27.3. The van der Waals surface area contributed by atoms with Crippen LogP contribution >= 0.6 is 11.3 Å². The molecular weight excluding hydrogens is 419 g/mol. The highest BCUT2D eigenvalue weighted by molar-refractivity contribution is 7.10. The fraction of sp³-hybridized carbons (Fsp3) is 0.579. The van der Waals surface area contributed by atoms with E-state index in [-0.39, 0.29) is 24.4 Å². The molecule has 1 saturated heterocycles. The van der Waals surface area contributed by atoms with Gasteiger partial charge in [0.1, 0.15) is 0 Å². The van der Waals surface area contributed by atoms with Crippen LogP contribution in [0.5, 0.6) is 0 Å². The molecule has 3 heterocycles. The predicted octanol–water partition coefficient (Wildman–Crippen LogP) is 2.56. The number of morpholine rings is 1. The molecule has 30 heavy (non-hydrogen) atoms. The minimum atomic E-state index is -4.59. The summed E-state index contributed by atoms with van der Waals surface area (Å²) in [5.74, 6) is -1.47. The van der Waals surface area contributed by atoms with E-state index < -0.39 is 12.0 Å². The molecule has 2 atom stereocenters. The number of nitrogens with one attached hydrogen (secondary N) is 1. The monoisotopic (exact) mass is 441 g/mol. The third kappa shape index (κ3) is 4.62. The Kier molecular flexibility index (Phi) is 6.30. The molecule has 0 aromatic carbocycles. The summed E-state index contributed by atoms with van der Waals surface area (Å²) in [5.41, 5.74) is 3.30. The van der Waals surface area contributed by atoms with Gasteiger partial charge in [0, 0.05) is 42.5 Å². The second-order valence-electron chi connectivity index (χ2n) is 7.36. The SMILES string of the molecule is O=C(NCC(c1cnc(C(F)(F)F)nc1)N1CCOCC1)C1CCCc2ncsc21. The summed E-state index contributed by atoms with van der Waals surface area (Å²) in [6, 6.07) is -0.329. The van der Waals surface area contributed by atoms with Crippen LogP contribution in [0.3, 0.4) is 0 Å². The highest BCUT2D eigenvalue weighted by Gasteiger charge is 2.35. The molecule has 1 aliphatic heterocycles. The molecule has 1 amide bonds. The van der Waals surface area contributed by atoms with E-state index in [2.05, 4.69) is 25.2 Å². The highest BCUT2D eigenvalue weighted by atomic mass is 32.1. The standard InChI is InChI=1S/C19H22F3N5O2S/c20-19(21,22)18-24-8-12(9-25-18)15(27-4-6-29-7-5-27)10-23-17(28)13-2-1-3-14-16(13)30-11-26-14/h8-9,11,13,15H,1-7,10H2,(H,23,28). The molecule has 0 saturated carbocycles. The second-order valence-corrected chi connectivity index (χ2v) is 8.24. The Hall–Kier alpha value is -2.11. The average Bonchev–Trinajstić information content (AvgIpc) is 3.23. The number of fused-ring (bicyclic) bond motifs is 1. The van der Waals surface area contributed by atoms with Gasteiger partial charge < -0.3 is 10.1 Å². The Morgan fingerprint density at radius 1 is 1.27 bits per heavy atom. The number of hydrogen-bond acceptors (Lipinski definition) is 7. The van der Waals surface area contributed by atoms with Gasteiger partial charge >= 0.3 is 6.18 Å². The molecule has 1 N–H and O–H groups in total. The van der Waals surface area contributed by atoms with Gasteiger partial charge in [0.15, 0.2) is 0 Å². The minimum Gasteiger partial charge on any atom is -0.379 e. The molecule has 0 spiro atoms. The summed E-state index contributed by atoms with van der Waals surface area (Å²) < 4.78 is 43.8. The number of carbonyl (C=O) groups excluding carboxylic acids is 1. The number of alkyl halides is 3. The van der Waals surface area contributed by atoms with Crippen molar-refractivity contribution in [2.45, 2.75) is 37.4 Å².